The van der Waals surface area contributed by atoms with Crippen molar-refractivity contribution in [3.05, 3.63) is 0 Å². The van der Waals surface area contributed by atoms with Gasteiger partial charge in [0.2, 0.25) is 0 Å². The number of nitrogens with one attached hydrogen (secondary N) is 1. The zero-order valence-electron chi connectivity index (χ0n) is 6.80. The lowest BCUT2D eigenvalue weighted by atomic mass is 10.0. The van der Waals surface area contributed by atoms with Crippen LogP contribution in [0.3, 0.4) is 0 Å². The van der Waals surface area contributed by atoms with Crippen molar-refractivity contribution in [1.29, 1.82) is 0 Å². The number of hydrogen-bond acceptors (Lipinski definition) is 2. The van der Waals surface area contributed by atoms with E-state index < -0.39 is 0 Å². The predicted octanol–water partition coefficient (Wildman–Crippen LogP) is -0.323. The summed E-state index contributed by atoms with van der Waals surface area (Å²) in [5.74, 6) is 0.799. The summed E-state index contributed by atoms with van der Waals surface area (Å²) in [5.41, 5.74) is 7.10. The van der Waals surface area contributed by atoms with Gasteiger partial charge in [-0.1, -0.05) is 0 Å². The maximum Gasteiger partial charge on any atom is 0.0307 e. The summed E-state index contributed by atoms with van der Waals surface area (Å²) < 4.78 is 0. The second kappa shape index (κ2) is 3.91. The first-order chi connectivity index (χ1) is 4.79. The third kappa shape index (κ3) is 2.64. The molecule has 0 aromatic rings. The molecular weight excluding hydrogens is 126 g/mol. The summed E-state index contributed by atoms with van der Waals surface area (Å²) in [6.07, 6.45) is 1.24. The Kier molecular flexibility index (Phi) is 3.12. The molecule has 0 aromatic heterocycles. The monoisotopic (exact) mass is 142 g/mol. The number of hydrogen-bond donors (Lipinski definition) is 1. The molecule has 1 atom stereocenters. The highest BCUT2D eigenvalue weighted by molar-refractivity contribution is 4.68. The van der Waals surface area contributed by atoms with Gasteiger partial charge in [-0.15, -0.1) is 0 Å². The van der Waals surface area contributed by atoms with Crippen molar-refractivity contribution in [2.75, 3.05) is 33.7 Å². The van der Waals surface area contributed by atoms with Crippen molar-refractivity contribution in [2.24, 2.45) is 5.92 Å². The Morgan fingerprint density at radius 3 is 2.90 bits per heavy atom. The molecule has 0 saturated carbocycles. The van der Waals surface area contributed by atoms with Gasteiger partial charge in [-0.3, -0.25) is 0 Å². The highest BCUT2D eigenvalue weighted by atomic mass is 15.4. The van der Waals surface area contributed by atoms with Crippen molar-refractivity contribution in [2.45, 2.75) is 6.42 Å². The summed E-state index contributed by atoms with van der Waals surface area (Å²) >= 11 is 0. The fourth-order valence-corrected chi connectivity index (χ4v) is 1.29. The van der Waals surface area contributed by atoms with Crippen LogP contribution in [0.1, 0.15) is 6.42 Å². The van der Waals surface area contributed by atoms with Gasteiger partial charge in [-0.05, 0) is 26.4 Å². The molecule has 1 rings (SSSR count). The normalized spacial score (nSPS) is 27.3. The van der Waals surface area contributed by atoms with Crippen LogP contribution in [0.15, 0.2) is 0 Å². The fraction of sp³-hybridized carbons (Fsp3) is 1.00. The van der Waals surface area contributed by atoms with Crippen molar-refractivity contribution >= 4 is 0 Å². The molecule has 1 N–H and O–H groups in total. The molecule has 1 radical (unpaired) electrons. The summed E-state index contributed by atoms with van der Waals surface area (Å²) in [7, 11) is 4.23. The summed E-state index contributed by atoms with van der Waals surface area (Å²) in [4.78, 5) is 2.23. The van der Waals surface area contributed by atoms with Crippen molar-refractivity contribution in [3.8, 4) is 0 Å². The Hall–Kier alpha value is -0.120. The molecule has 3 heteroatoms. The maximum absolute atomic E-state index is 4.07. The summed E-state index contributed by atoms with van der Waals surface area (Å²) in [6.45, 7) is 3.22. The van der Waals surface area contributed by atoms with E-state index >= 15 is 0 Å². The Bertz CT molecular complexity index is 86.9. The quantitative estimate of drug-likeness (QED) is 0.572. The SMILES string of the molecule is CN(C)CC1CC[N]NC1. The molecule has 10 heavy (non-hydrogen) atoms. The minimum Gasteiger partial charge on any atom is -0.309 e. The molecule has 3 nitrogen and oxygen atoms in total. The maximum atomic E-state index is 4.07. The minimum absolute atomic E-state index is 0.799. The van der Waals surface area contributed by atoms with Crippen LogP contribution in [-0.2, 0) is 0 Å². The van der Waals surface area contributed by atoms with E-state index in [1.54, 1.807) is 0 Å². The third-order valence-electron chi connectivity index (χ3n) is 1.76. The third-order valence-corrected chi connectivity index (χ3v) is 1.76. The van der Waals surface area contributed by atoms with Crippen molar-refractivity contribution in [1.82, 2.24) is 15.8 Å². The summed E-state index contributed by atoms with van der Waals surface area (Å²) in [6, 6.07) is 0. The Labute approximate surface area is 62.8 Å². The van der Waals surface area contributed by atoms with E-state index in [0.717, 1.165) is 19.0 Å². The average molecular weight is 142 g/mol. The molecule has 1 fully saturated rings. The van der Waals surface area contributed by atoms with Gasteiger partial charge in [-0.25, -0.2) is 5.43 Å². The first-order valence-corrected chi connectivity index (χ1v) is 3.83. The second-order valence-electron chi connectivity index (χ2n) is 3.16. The van der Waals surface area contributed by atoms with Crippen LogP contribution in [0.25, 0.3) is 0 Å². The predicted molar refractivity (Wildman–Crippen MR) is 41.7 cm³/mol. The molecule has 1 aliphatic rings. The molecule has 0 bridgehead atoms. The van der Waals surface area contributed by atoms with Gasteiger partial charge in [-0.2, -0.15) is 5.43 Å². The molecular formula is C7H16N3. The minimum atomic E-state index is 0.799. The van der Waals surface area contributed by atoms with Gasteiger partial charge < -0.3 is 4.90 Å². The molecule has 0 amide bonds. The van der Waals surface area contributed by atoms with Crippen molar-refractivity contribution < 1.29 is 0 Å². The zero-order valence-corrected chi connectivity index (χ0v) is 6.80. The van der Waals surface area contributed by atoms with E-state index in [2.05, 4.69) is 29.8 Å². The first-order valence-electron chi connectivity index (χ1n) is 3.83. The highest BCUT2D eigenvalue weighted by Gasteiger charge is 2.13. The Balaban J connectivity index is 2.13. The second-order valence-corrected chi connectivity index (χ2v) is 3.16. The first kappa shape index (κ1) is 7.98. The van der Waals surface area contributed by atoms with E-state index in [1.165, 1.54) is 13.0 Å². The van der Waals surface area contributed by atoms with E-state index in [-0.39, 0.29) is 0 Å². The van der Waals surface area contributed by atoms with Gasteiger partial charge in [0.15, 0.2) is 0 Å². The standard InChI is InChI=1S/C7H16N3/c1-10(2)6-7-3-4-8-9-5-7/h7,9H,3-6H2,1-2H3. The van der Waals surface area contributed by atoms with Crippen LogP contribution in [0.4, 0.5) is 0 Å². The van der Waals surface area contributed by atoms with E-state index in [0.29, 0.717) is 0 Å². The van der Waals surface area contributed by atoms with Gasteiger partial charge in [0.1, 0.15) is 0 Å². The van der Waals surface area contributed by atoms with E-state index in [9.17, 15) is 0 Å². The average Bonchev–Trinajstić information content (AvgIpc) is 1.88. The number of rotatable bonds is 2. The molecule has 1 saturated heterocycles. The number of nitrogens with zero attached hydrogens (tertiary/aromatic N) is 2. The molecule has 1 aliphatic heterocycles. The van der Waals surface area contributed by atoms with Crippen LogP contribution >= 0.6 is 0 Å². The molecule has 0 aromatic carbocycles. The van der Waals surface area contributed by atoms with Crippen LogP contribution in [0, 0.1) is 5.92 Å². The van der Waals surface area contributed by atoms with Crippen molar-refractivity contribution in [3.63, 3.8) is 0 Å². The Morgan fingerprint density at radius 2 is 2.40 bits per heavy atom. The lowest BCUT2D eigenvalue weighted by Gasteiger charge is -2.24. The van der Waals surface area contributed by atoms with E-state index in [4.69, 9.17) is 0 Å². The molecule has 1 unspecified atom stereocenters. The molecule has 1 heterocycles. The highest BCUT2D eigenvalue weighted by Crippen LogP contribution is 2.04. The molecule has 59 valence electrons. The lowest BCUT2D eigenvalue weighted by Crippen LogP contribution is -2.41. The van der Waals surface area contributed by atoms with Crippen LogP contribution < -0.4 is 10.9 Å². The lowest BCUT2D eigenvalue weighted by molar-refractivity contribution is 0.256. The largest absolute Gasteiger partial charge is 0.309 e. The zero-order chi connectivity index (χ0) is 7.40. The molecule has 0 aliphatic carbocycles. The fourth-order valence-electron chi connectivity index (χ4n) is 1.29. The molecule has 0 spiro atoms. The Morgan fingerprint density at radius 1 is 1.60 bits per heavy atom. The van der Waals surface area contributed by atoms with Gasteiger partial charge in [0, 0.05) is 19.6 Å². The van der Waals surface area contributed by atoms with Gasteiger partial charge in [0.05, 0.1) is 0 Å². The topological polar surface area (TPSA) is 29.4 Å². The van der Waals surface area contributed by atoms with Crippen LogP contribution in [0.5, 0.6) is 0 Å². The van der Waals surface area contributed by atoms with E-state index in [1.807, 2.05) is 0 Å². The smallest absolute Gasteiger partial charge is 0.0307 e. The van der Waals surface area contributed by atoms with Gasteiger partial charge >= 0.3 is 0 Å². The van der Waals surface area contributed by atoms with Crippen LogP contribution in [0.2, 0.25) is 0 Å². The summed E-state index contributed by atoms with van der Waals surface area (Å²) in [5, 5.41) is 0. The van der Waals surface area contributed by atoms with Gasteiger partial charge in [0.25, 0.3) is 0 Å². The van der Waals surface area contributed by atoms with Crippen LogP contribution in [-0.4, -0.2) is 38.6 Å².